The minimum atomic E-state index is -0.253. The van der Waals surface area contributed by atoms with E-state index in [1.54, 1.807) is 12.4 Å². The number of anilines is 1. The third-order valence-corrected chi connectivity index (χ3v) is 3.85. The Balaban J connectivity index is 1.64. The fraction of sp³-hybridized carbons (Fsp3) is 0.400. The molecule has 0 spiro atoms. The van der Waals surface area contributed by atoms with Gasteiger partial charge in [-0.3, -0.25) is 14.5 Å². The highest BCUT2D eigenvalue weighted by atomic mass is 16.1. The van der Waals surface area contributed by atoms with Crippen LogP contribution in [0.4, 0.5) is 5.82 Å². The van der Waals surface area contributed by atoms with Crippen molar-refractivity contribution >= 4 is 11.7 Å². The van der Waals surface area contributed by atoms with Crippen LogP contribution in [0.25, 0.3) is 0 Å². The summed E-state index contributed by atoms with van der Waals surface area (Å²) in [5, 5.41) is 10.6. The summed E-state index contributed by atoms with van der Waals surface area (Å²) in [5.41, 5.74) is 0.898. The minimum Gasteiger partial charge on any atom is -0.315 e. The number of nitrogens with zero attached hydrogens (tertiary/aromatic N) is 3. The van der Waals surface area contributed by atoms with Gasteiger partial charge in [0.15, 0.2) is 5.82 Å². The Morgan fingerprint density at radius 3 is 3.14 bits per heavy atom. The van der Waals surface area contributed by atoms with Crippen molar-refractivity contribution in [2.24, 2.45) is 0 Å². The van der Waals surface area contributed by atoms with Gasteiger partial charge in [-0.2, -0.15) is 5.10 Å². The summed E-state index contributed by atoms with van der Waals surface area (Å²) in [4.78, 5) is 16.3. The van der Waals surface area contributed by atoms with Gasteiger partial charge in [0.1, 0.15) is 0 Å². The molecule has 2 atom stereocenters. The number of amides is 1. The Morgan fingerprint density at radius 1 is 1.52 bits per heavy atom. The SMILES string of the molecule is CC(C(=O)Nc1ccn(C2CCNC2)n1)c1cccnc1. The molecule has 1 aliphatic heterocycles. The van der Waals surface area contributed by atoms with E-state index in [0.29, 0.717) is 11.9 Å². The van der Waals surface area contributed by atoms with Crippen LogP contribution in [0.2, 0.25) is 0 Å². The topological polar surface area (TPSA) is 71.8 Å². The van der Waals surface area contributed by atoms with Gasteiger partial charge in [-0.15, -0.1) is 0 Å². The van der Waals surface area contributed by atoms with Crippen LogP contribution in [0.3, 0.4) is 0 Å². The molecule has 0 bridgehead atoms. The van der Waals surface area contributed by atoms with Gasteiger partial charge in [0, 0.05) is 31.2 Å². The van der Waals surface area contributed by atoms with Gasteiger partial charge in [-0.25, -0.2) is 0 Å². The standard InChI is InChI=1S/C15H19N5O/c1-11(12-3-2-6-16-9-12)15(21)18-14-5-8-20(19-14)13-4-7-17-10-13/h2-3,5-6,8-9,11,13,17H,4,7,10H2,1H3,(H,18,19,21). The Bertz CT molecular complexity index is 604. The van der Waals surface area contributed by atoms with E-state index in [2.05, 4.69) is 20.7 Å². The molecule has 110 valence electrons. The van der Waals surface area contributed by atoms with E-state index in [1.165, 1.54) is 0 Å². The molecule has 0 aromatic carbocycles. The molecular weight excluding hydrogens is 266 g/mol. The summed E-state index contributed by atoms with van der Waals surface area (Å²) in [6.45, 7) is 3.82. The van der Waals surface area contributed by atoms with Gasteiger partial charge in [-0.05, 0) is 31.5 Å². The van der Waals surface area contributed by atoms with E-state index in [9.17, 15) is 4.79 Å². The second-order valence-electron chi connectivity index (χ2n) is 5.32. The molecule has 0 radical (unpaired) electrons. The van der Waals surface area contributed by atoms with Crippen molar-refractivity contribution in [3.05, 3.63) is 42.4 Å². The van der Waals surface area contributed by atoms with Crippen LogP contribution >= 0.6 is 0 Å². The lowest BCUT2D eigenvalue weighted by Crippen LogP contribution is -2.20. The van der Waals surface area contributed by atoms with Crippen LogP contribution in [-0.2, 0) is 4.79 Å². The van der Waals surface area contributed by atoms with Gasteiger partial charge >= 0.3 is 0 Å². The minimum absolute atomic E-state index is 0.0715. The molecule has 2 N–H and O–H groups in total. The molecule has 1 aliphatic rings. The molecule has 0 aliphatic carbocycles. The van der Waals surface area contributed by atoms with E-state index < -0.39 is 0 Å². The highest BCUT2D eigenvalue weighted by molar-refractivity contribution is 5.94. The second-order valence-corrected chi connectivity index (χ2v) is 5.32. The average Bonchev–Trinajstić information content (AvgIpc) is 3.18. The van der Waals surface area contributed by atoms with Crippen LogP contribution in [0, 0.1) is 0 Å². The van der Waals surface area contributed by atoms with Crippen molar-refractivity contribution in [2.75, 3.05) is 18.4 Å². The van der Waals surface area contributed by atoms with E-state index in [1.807, 2.05) is 36.0 Å². The summed E-state index contributed by atoms with van der Waals surface area (Å²) < 4.78 is 1.92. The first-order valence-corrected chi connectivity index (χ1v) is 7.20. The summed E-state index contributed by atoms with van der Waals surface area (Å²) in [6.07, 6.45) is 6.40. The Morgan fingerprint density at radius 2 is 2.43 bits per heavy atom. The van der Waals surface area contributed by atoms with Gasteiger partial charge in [0.05, 0.1) is 12.0 Å². The number of rotatable bonds is 4. The average molecular weight is 285 g/mol. The fourth-order valence-electron chi connectivity index (χ4n) is 2.49. The molecular formula is C15H19N5O. The van der Waals surface area contributed by atoms with Crippen LogP contribution in [0.5, 0.6) is 0 Å². The zero-order valence-corrected chi connectivity index (χ0v) is 12.0. The van der Waals surface area contributed by atoms with Gasteiger partial charge < -0.3 is 10.6 Å². The van der Waals surface area contributed by atoms with E-state index >= 15 is 0 Å². The molecule has 2 aromatic heterocycles. The quantitative estimate of drug-likeness (QED) is 0.894. The number of aromatic nitrogens is 3. The molecule has 1 amide bonds. The lowest BCUT2D eigenvalue weighted by atomic mass is 10.0. The summed E-state index contributed by atoms with van der Waals surface area (Å²) in [5.74, 6) is 0.275. The highest BCUT2D eigenvalue weighted by Crippen LogP contribution is 2.18. The summed E-state index contributed by atoms with van der Waals surface area (Å²) in [7, 11) is 0. The Kier molecular flexibility index (Phi) is 3.96. The zero-order valence-electron chi connectivity index (χ0n) is 12.0. The first-order valence-electron chi connectivity index (χ1n) is 7.20. The number of carbonyl (C=O) groups is 1. The molecule has 1 saturated heterocycles. The van der Waals surface area contributed by atoms with Crippen molar-refractivity contribution in [1.82, 2.24) is 20.1 Å². The third kappa shape index (κ3) is 3.11. The first kappa shape index (κ1) is 13.8. The largest absolute Gasteiger partial charge is 0.315 e. The third-order valence-electron chi connectivity index (χ3n) is 3.85. The maximum absolute atomic E-state index is 12.2. The Hall–Kier alpha value is -2.21. The summed E-state index contributed by atoms with van der Waals surface area (Å²) in [6, 6.07) is 5.96. The maximum atomic E-state index is 12.2. The number of hydrogen-bond donors (Lipinski definition) is 2. The molecule has 2 unspecified atom stereocenters. The second kappa shape index (κ2) is 6.05. The molecule has 3 heterocycles. The predicted molar refractivity (Wildman–Crippen MR) is 80.0 cm³/mol. The van der Waals surface area contributed by atoms with E-state index in [0.717, 1.165) is 25.1 Å². The fourth-order valence-corrected chi connectivity index (χ4v) is 2.49. The lowest BCUT2D eigenvalue weighted by molar-refractivity contribution is -0.117. The van der Waals surface area contributed by atoms with Crippen molar-refractivity contribution in [2.45, 2.75) is 25.3 Å². The number of pyridine rings is 1. The monoisotopic (exact) mass is 285 g/mol. The smallest absolute Gasteiger partial charge is 0.232 e. The van der Waals surface area contributed by atoms with Crippen molar-refractivity contribution in [3.63, 3.8) is 0 Å². The molecule has 3 rings (SSSR count). The van der Waals surface area contributed by atoms with Crippen LogP contribution in [0.15, 0.2) is 36.8 Å². The summed E-state index contributed by atoms with van der Waals surface area (Å²) >= 11 is 0. The molecule has 2 aromatic rings. The van der Waals surface area contributed by atoms with Crippen LogP contribution < -0.4 is 10.6 Å². The van der Waals surface area contributed by atoms with Crippen LogP contribution in [-0.4, -0.2) is 33.8 Å². The number of carbonyl (C=O) groups excluding carboxylic acids is 1. The lowest BCUT2D eigenvalue weighted by Gasteiger charge is -2.11. The highest BCUT2D eigenvalue weighted by Gasteiger charge is 2.19. The zero-order chi connectivity index (χ0) is 14.7. The molecule has 6 nitrogen and oxygen atoms in total. The number of hydrogen-bond acceptors (Lipinski definition) is 4. The van der Waals surface area contributed by atoms with E-state index in [4.69, 9.17) is 0 Å². The number of nitrogens with one attached hydrogen (secondary N) is 2. The van der Waals surface area contributed by atoms with Crippen molar-refractivity contribution < 1.29 is 4.79 Å². The normalized spacial score (nSPS) is 19.4. The molecule has 1 fully saturated rings. The van der Waals surface area contributed by atoms with Gasteiger partial charge in [-0.1, -0.05) is 6.07 Å². The predicted octanol–water partition coefficient (Wildman–Crippen LogP) is 1.55. The maximum Gasteiger partial charge on any atom is 0.232 e. The van der Waals surface area contributed by atoms with Crippen LogP contribution in [0.1, 0.15) is 30.9 Å². The Labute approximate surface area is 123 Å². The first-order chi connectivity index (χ1) is 10.2. The molecule has 6 heteroatoms. The molecule has 0 saturated carbocycles. The van der Waals surface area contributed by atoms with Gasteiger partial charge in [0.2, 0.25) is 5.91 Å². The molecule has 21 heavy (non-hydrogen) atoms. The van der Waals surface area contributed by atoms with E-state index in [-0.39, 0.29) is 11.8 Å². The van der Waals surface area contributed by atoms with Gasteiger partial charge in [0.25, 0.3) is 0 Å². The van der Waals surface area contributed by atoms with Crippen molar-refractivity contribution in [3.8, 4) is 0 Å². The van der Waals surface area contributed by atoms with Crippen molar-refractivity contribution in [1.29, 1.82) is 0 Å².